The van der Waals surface area contributed by atoms with Crippen LogP contribution in [0.15, 0.2) is 0 Å². The first kappa shape index (κ1) is 16.1. The summed E-state index contributed by atoms with van der Waals surface area (Å²) in [4.78, 5) is 10.2. The van der Waals surface area contributed by atoms with E-state index in [1.165, 1.54) is 0 Å². The average molecular weight is 251 g/mol. The zero-order valence-electron chi connectivity index (χ0n) is 9.93. The van der Waals surface area contributed by atoms with Gasteiger partial charge in [0.1, 0.15) is 0 Å². The first-order valence-electron chi connectivity index (χ1n) is 5.53. The molecule has 0 unspecified atom stereocenters. The van der Waals surface area contributed by atoms with Crippen LogP contribution in [-0.4, -0.2) is 64.1 Å². The van der Waals surface area contributed by atoms with E-state index in [1.54, 1.807) is 0 Å². The third-order valence-corrected chi connectivity index (χ3v) is 1.66. The molecule has 3 N–H and O–H groups in total. The summed E-state index contributed by atoms with van der Waals surface area (Å²) in [5, 5.41) is 8.42. The molecule has 17 heavy (non-hydrogen) atoms. The maximum atomic E-state index is 10.2. The predicted octanol–water partition coefficient (Wildman–Crippen LogP) is -0.486. The first-order chi connectivity index (χ1) is 8.27. The molecule has 7 nitrogen and oxygen atoms in total. The number of hydrogen-bond acceptors (Lipinski definition) is 6. The molecule has 0 spiro atoms. The van der Waals surface area contributed by atoms with Crippen LogP contribution < -0.4 is 5.73 Å². The predicted molar refractivity (Wildman–Crippen MR) is 59.7 cm³/mol. The van der Waals surface area contributed by atoms with Gasteiger partial charge >= 0.3 is 6.09 Å². The second-order valence-electron chi connectivity index (χ2n) is 3.08. The Hall–Kier alpha value is -0.890. The molecule has 102 valence electrons. The van der Waals surface area contributed by atoms with Crippen molar-refractivity contribution in [3.05, 3.63) is 0 Å². The van der Waals surface area contributed by atoms with E-state index in [0.29, 0.717) is 46.1 Å². The molecule has 0 fully saturated rings. The average Bonchev–Trinajstić information content (AvgIpc) is 2.30. The molecule has 0 aromatic carbocycles. The van der Waals surface area contributed by atoms with E-state index in [0.717, 1.165) is 0 Å². The fourth-order valence-electron chi connectivity index (χ4n) is 0.940. The van der Waals surface area contributed by atoms with Crippen molar-refractivity contribution >= 4 is 6.09 Å². The number of carbonyl (C=O) groups is 1. The standard InChI is InChI=1S/C10H21NO6/c11-10(13)17-4-1-3-14-6-8-16-9-7-15-5-2-12/h12H,1-9H2,(H2,11,13). The molecule has 0 rings (SSSR count). The summed E-state index contributed by atoms with van der Waals surface area (Å²) in [5.41, 5.74) is 4.77. The van der Waals surface area contributed by atoms with Crippen molar-refractivity contribution < 1.29 is 28.8 Å². The summed E-state index contributed by atoms with van der Waals surface area (Å²) in [6.45, 7) is 3.04. The van der Waals surface area contributed by atoms with E-state index in [-0.39, 0.29) is 13.2 Å². The van der Waals surface area contributed by atoms with Gasteiger partial charge in [-0.05, 0) is 0 Å². The Balaban J connectivity index is 2.91. The van der Waals surface area contributed by atoms with E-state index >= 15 is 0 Å². The number of amides is 1. The molecule has 0 radical (unpaired) electrons. The molecule has 0 aromatic heterocycles. The second-order valence-corrected chi connectivity index (χ2v) is 3.08. The molecule has 0 aliphatic carbocycles. The Labute approximate surface area is 101 Å². The van der Waals surface area contributed by atoms with Crippen molar-refractivity contribution in [3.8, 4) is 0 Å². The third kappa shape index (κ3) is 15.1. The van der Waals surface area contributed by atoms with Gasteiger partial charge in [-0.2, -0.15) is 0 Å². The monoisotopic (exact) mass is 251 g/mol. The van der Waals surface area contributed by atoms with Crippen molar-refractivity contribution in [1.82, 2.24) is 0 Å². The highest BCUT2D eigenvalue weighted by molar-refractivity contribution is 5.64. The highest BCUT2D eigenvalue weighted by Crippen LogP contribution is 1.86. The summed E-state index contributed by atoms with van der Waals surface area (Å²) < 4.78 is 19.9. The van der Waals surface area contributed by atoms with Crippen LogP contribution in [0.3, 0.4) is 0 Å². The van der Waals surface area contributed by atoms with Crippen LogP contribution in [0.5, 0.6) is 0 Å². The van der Waals surface area contributed by atoms with Crippen molar-refractivity contribution in [2.75, 3.05) is 52.9 Å². The topological polar surface area (TPSA) is 100 Å². The molecule has 0 bridgehead atoms. The normalized spacial score (nSPS) is 10.4. The van der Waals surface area contributed by atoms with Crippen LogP contribution in [0, 0.1) is 0 Å². The van der Waals surface area contributed by atoms with Crippen LogP contribution in [-0.2, 0) is 18.9 Å². The molecule has 0 atom stereocenters. The number of ether oxygens (including phenoxy) is 4. The zero-order chi connectivity index (χ0) is 12.8. The Morgan fingerprint density at radius 3 is 1.94 bits per heavy atom. The first-order valence-corrected chi connectivity index (χ1v) is 5.53. The minimum Gasteiger partial charge on any atom is -0.450 e. The van der Waals surface area contributed by atoms with Gasteiger partial charge in [-0.25, -0.2) is 4.79 Å². The fraction of sp³-hybridized carbons (Fsp3) is 0.900. The largest absolute Gasteiger partial charge is 0.450 e. The van der Waals surface area contributed by atoms with Crippen molar-refractivity contribution in [2.24, 2.45) is 5.73 Å². The van der Waals surface area contributed by atoms with Crippen LogP contribution >= 0.6 is 0 Å². The number of hydrogen-bond donors (Lipinski definition) is 2. The van der Waals surface area contributed by atoms with Gasteiger partial charge in [0.15, 0.2) is 0 Å². The number of aliphatic hydroxyl groups is 1. The lowest BCUT2D eigenvalue weighted by Crippen LogP contribution is -2.15. The third-order valence-electron chi connectivity index (χ3n) is 1.66. The Morgan fingerprint density at radius 1 is 0.882 bits per heavy atom. The second kappa shape index (κ2) is 13.2. The molecule has 0 saturated carbocycles. The van der Waals surface area contributed by atoms with Crippen molar-refractivity contribution in [1.29, 1.82) is 0 Å². The number of aliphatic hydroxyl groups excluding tert-OH is 1. The summed E-state index contributed by atoms with van der Waals surface area (Å²) in [7, 11) is 0. The molecule has 1 amide bonds. The van der Waals surface area contributed by atoms with Gasteiger partial charge in [0.05, 0.1) is 46.2 Å². The van der Waals surface area contributed by atoms with Crippen LogP contribution in [0.4, 0.5) is 4.79 Å². The molecule has 0 aliphatic heterocycles. The van der Waals surface area contributed by atoms with Gasteiger partial charge < -0.3 is 29.8 Å². The molecule has 0 aliphatic rings. The van der Waals surface area contributed by atoms with Gasteiger partial charge in [0.25, 0.3) is 0 Å². The smallest absolute Gasteiger partial charge is 0.404 e. The van der Waals surface area contributed by atoms with Gasteiger partial charge in [-0.15, -0.1) is 0 Å². The highest BCUT2D eigenvalue weighted by atomic mass is 16.6. The van der Waals surface area contributed by atoms with Gasteiger partial charge in [0.2, 0.25) is 0 Å². The SMILES string of the molecule is NC(=O)OCCCOCCOCCOCCO. The van der Waals surface area contributed by atoms with Crippen LogP contribution in [0.1, 0.15) is 6.42 Å². The summed E-state index contributed by atoms with van der Waals surface area (Å²) >= 11 is 0. The van der Waals surface area contributed by atoms with E-state index in [1.807, 2.05) is 0 Å². The Bertz CT molecular complexity index is 178. The molecule has 0 saturated heterocycles. The molecule has 0 heterocycles. The maximum Gasteiger partial charge on any atom is 0.404 e. The van der Waals surface area contributed by atoms with Gasteiger partial charge in [-0.1, -0.05) is 0 Å². The van der Waals surface area contributed by atoms with Crippen LogP contribution in [0.25, 0.3) is 0 Å². The van der Waals surface area contributed by atoms with E-state index in [9.17, 15) is 4.79 Å². The number of rotatable bonds is 12. The number of nitrogens with two attached hydrogens (primary N) is 1. The van der Waals surface area contributed by atoms with E-state index < -0.39 is 6.09 Å². The minimum absolute atomic E-state index is 0.0243. The lowest BCUT2D eigenvalue weighted by atomic mass is 10.5. The van der Waals surface area contributed by atoms with Crippen molar-refractivity contribution in [2.45, 2.75) is 6.42 Å². The zero-order valence-corrected chi connectivity index (χ0v) is 9.93. The van der Waals surface area contributed by atoms with E-state index in [2.05, 4.69) is 4.74 Å². The molecular formula is C10H21NO6. The lowest BCUT2D eigenvalue weighted by Gasteiger charge is -2.06. The van der Waals surface area contributed by atoms with Crippen molar-refractivity contribution in [3.63, 3.8) is 0 Å². The Morgan fingerprint density at radius 2 is 1.41 bits per heavy atom. The number of carbonyl (C=O) groups excluding carboxylic acids is 1. The number of primary amides is 1. The summed E-state index contributed by atoms with van der Waals surface area (Å²) in [6, 6.07) is 0. The maximum absolute atomic E-state index is 10.2. The molecule has 0 aromatic rings. The lowest BCUT2D eigenvalue weighted by molar-refractivity contribution is 0.00572. The Kier molecular flexibility index (Phi) is 12.5. The highest BCUT2D eigenvalue weighted by Gasteiger charge is 1.94. The molecule has 7 heteroatoms. The van der Waals surface area contributed by atoms with Gasteiger partial charge in [0, 0.05) is 13.0 Å². The van der Waals surface area contributed by atoms with E-state index in [4.69, 9.17) is 25.1 Å². The van der Waals surface area contributed by atoms with Crippen LogP contribution in [0.2, 0.25) is 0 Å². The quantitative estimate of drug-likeness (QED) is 0.454. The fourth-order valence-corrected chi connectivity index (χ4v) is 0.940. The molecular weight excluding hydrogens is 230 g/mol. The van der Waals surface area contributed by atoms with Gasteiger partial charge in [-0.3, -0.25) is 0 Å². The summed E-state index contributed by atoms with van der Waals surface area (Å²) in [6.07, 6.45) is -0.154. The summed E-state index contributed by atoms with van der Waals surface area (Å²) in [5.74, 6) is 0. The minimum atomic E-state index is -0.767.